The number of nitrogens with zero attached hydrogens (tertiary/aromatic N) is 1. The molecule has 0 saturated carbocycles. The number of hydrogen-bond donors (Lipinski definition) is 1. The van der Waals surface area contributed by atoms with E-state index < -0.39 is 0 Å². The lowest BCUT2D eigenvalue weighted by molar-refractivity contribution is -0.131. The highest BCUT2D eigenvalue weighted by Crippen LogP contribution is 2.15. The first-order chi connectivity index (χ1) is 10.5. The van der Waals surface area contributed by atoms with Crippen LogP contribution in [0.25, 0.3) is 0 Å². The van der Waals surface area contributed by atoms with Crippen LogP contribution in [0.4, 0.5) is 4.39 Å². The number of aromatic hydroxyl groups is 1. The van der Waals surface area contributed by atoms with Gasteiger partial charge in [-0.05, 0) is 43.3 Å². The van der Waals surface area contributed by atoms with Crippen LogP contribution >= 0.6 is 0 Å². The lowest BCUT2D eigenvalue weighted by atomic mass is 10.3. The first kappa shape index (κ1) is 17.5. The summed E-state index contributed by atoms with van der Waals surface area (Å²) in [5, 5.41) is 9.03. The van der Waals surface area contributed by atoms with Crippen molar-refractivity contribution in [2.24, 2.45) is 0 Å². The standard InChI is InChI=1S/C11H15NO3.C6H5F/c1-3-12(2)11(14)8-15-10-6-4-9(13)5-7-10;7-6-4-2-1-3-5-6/h4-7,13H,3,8H2,1-2H3;1-5H. The number of phenols is 1. The molecule has 0 saturated heterocycles. The molecular formula is C17H20FNO3. The molecule has 118 valence electrons. The molecule has 2 aromatic rings. The maximum Gasteiger partial charge on any atom is 0.260 e. The third-order valence-corrected chi connectivity index (χ3v) is 2.83. The normalized spacial score (nSPS) is 9.41. The smallest absolute Gasteiger partial charge is 0.260 e. The first-order valence-corrected chi connectivity index (χ1v) is 6.89. The summed E-state index contributed by atoms with van der Waals surface area (Å²) in [6, 6.07) is 14.2. The van der Waals surface area contributed by atoms with E-state index in [1.54, 1.807) is 42.3 Å². The molecular weight excluding hydrogens is 285 g/mol. The van der Waals surface area contributed by atoms with E-state index in [9.17, 15) is 9.18 Å². The molecule has 1 amide bonds. The largest absolute Gasteiger partial charge is 0.508 e. The molecule has 0 aromatic heterocycles. The monoisotopic (exact) mass is 305 g/mol. The summed E-state index contributed by atoms with van der Waals surface area (Å²) in [5.41, 5.74) is 0. The quantitative estimate of drug-likeness (QED) is 0.944. The van der Waals surface area contributed by atoms with Crippen LogP contribution in [0.5, 0.6) is 11.5 Å². The number of benzene rings is 2. The summed E-state index contributed by atoms with van der Waals surface area (Å²) in [6.45, 7) is 2.59. The van der Waals surface area contributed by atoms with Crippen molar-refractivity contribution in [3.8, 4) is 11.5 Å². The van der Waals surface area contributed by atoms with Crippen LogP contribution in [0.3, 0.4) is 0 Å². The van der Waals surface area contributed by atoms with Crippen LogP contribution in [-0.2, 0) is 4.79 Å². The van der Waals surface area contributed by atoms with Crippen molar-refractivity contribution < 1.29 is 19.0 Å². The second-order valence-corrected chi connectivity index (χ2v) is 4.49. The summed E-state index contributed by atoms with van der Waals surface area (Å²) in [4.78, 5) is 12.9. The fraction of sp³-hybridized carbons (Fsp3) is 0.235. The van der Waals surface area contributed by atoms with Crippen molar-refractivity contribution in [2.75, 3.05) is 20.2 Å². The number of ether oxygens (including phenoxy) is 1. The van der Waals surface area contributed by atoms with Crippen LogP contribution in [-0.4, -0.2) is 36.1 Å². The molecule has 1 N–H and O–H groups in total. The molecule has 2 rings (SSSR count). The van der Waals surface area contributed by atoms with Crippen molar-refractivity contribution in [1.29, 1.82) is 0 Å². The average Bonchev–Trinajstić information content (AvgIpc) is 2.54. The van der Waals surface area contributed by atoms with Gasteiger partial charge in [0, 0.05) is 13.6 Å². The number of halogens is 1. The molecule has 4 nitrogen and oxygen atoms in total. The Morgan fingerprint density at radius 1 is 1.14 bits per heavy atom. The highest BCUT2D eigenvalue weighted by Gasteiger charge is 2.06. The molecule has 0 aliphatic rings. The fourth-order valence-electron chi connectivity index (χ4n) is 1.39. The zero-order valence-electron chi connectivity index (χ0n) is 12.7. The number of phenolic OH excluding ortho intramolecular Hbond substituents is 1. The number of likely N-dealkylation sites (N-methyl/N-ethyl adjacent to an activating group) is 1. The molecule has 0 spiro atoms. The van der Waals surface area contributed by atoms with Crippen LogP contribution in [0.1, 0.15) is 6.92 Å². The van der Waals surface area contributed by atoms with Gasteiger partial charge in [-0.25, -0.2) is 4.39 Å². The minimum atomic E-state index is -0.178. The highest BCUT2D eigenvalue weighted by atomic mass is 19.1. The van der Waals surface area contributed by atoms with Gasteiger partial charge in [-0.2, -0.15) is 0 Å². The first-order valence-electron chi connectivity index (χ1n) is 6.89. The minimum absolute atomic E-state index is 0.0229. The predicted octanol–water partition coefficient (Wildman–Crippen LogP) is 3.08. The number of amides is 1. The van der Waals surface area contributed by atoms with Crippen molar-refractivity contribution in [3.63, 3.8) is 0 Å². The maximum atomic E-state index is 11.9. The van der Waals surface area contributed by atoms with E-state index >= 15 is 0 Å². The Morgan fingerprint density at radius 2 is 1.73 bits per heavy atom. The number of rotatable bonds is 4. The van der Waals surface area contributed by atoms with Crippen LogP contribution in [0.2, 0.25) is 0 Å². The van der Waals surface area contributed by atoms with E-state index in [2.05, 4.69) is 0 Å². The van der Waals surface area contributed by atoms with E-state index in [-0.39, 0.29) is 24.1 Å². The van der Waals surface area contributed by atoms with Gasteiger partial charge in [-0.3, -0.25) is 4.79 Å². The fourth-order valence-corrected chi connectivity index (χ4v) is 1.39. The second-order valence-electron chi connectivity index (χ2n) is 4.49. The lowest BCUT2D eigenvalue weighted by Crippen LogP contribution is -2.31. The third kappa shape index (κ3) is 6.74. The molecule has 5 heteroatoms. The molecule has 0 unspecified atom stereocenters. The molecule has 0 fully saturated rings. The van der Waals surface area contributed by atoms with Crippen LogP contribution in [0, 0.1) is 5.82 Å². The van der Waals surface area contributed by atoms with Gasteiger partial charge in [0.05, 0.1) is 0 Å². The van der Waals surface area contributed by atoms with E-state index in [0.717, 1.165) is 0 Å². The SMILES string of the molecule is CCN(C)C(=O)COc1ccc(O)cc1.Fc1ccccc1. The molecule has 0 aliphatic carbocycles. The van der Waals surface area contributed by atoms with Gasteiger partial charge in [0.2, 0.25) is 0 Å². The van der Waals surface area contributed by atoms with Gasteiger partial charge in [0.25, 0.3) is 5.91 Å². The third-order valence-electron chi connectivity index (χ3n) is 2.83. The van der Waals surface area contributed by atoms with Gasteiger partial charge in [-0.1, -0.05) is 18.2 Å². The predicted molar refractivity (Wildman–Crippen MR) is 83.3 cm³/mol. The number of hydrogen-bond acceptors (Lipinski definition) is 3. The van der Waals surface area contributed by atoms with E-state index in [0.29, 0.717) is 12.3 Å². The van der Waals surface area contributed by atoms with E-state index in [4.69, 9.17) is 9.84 Å². The average molecular weight is 305 g/mol. The van der Waals surface area contributed by atoms with Gasteiger partial charge in [0.1, 0.15) is 17.3 Å². The highest BCUT2D eigenvalue weighted by molar-refractivity contribution is 5.77. The van der Waals surface area contributed by atoms with Crippen molar-refractivity contribution in [1.82, 2.24) is 4.90 Å². The summed E-state index contributed by atoms with van der Waals surface area (Å²) >= 11 is 0. The van der Waals surface area contributed by atoms with Crippen LogP contribution < -0.4 is 4.74 Å². The minimum Gasteiger partial charge on any atom is -0.508 e. The second kappa shape index (κ2) is 9.39. The molecule has 0 atom stereocenters. The molecule has 22 heavy (non-hydrogen) atoms. The Bertz CT molecular complexity index is 558. The lowest BCUT2D eigenvalue weighted by Gasteiger charge is -2.14. The molecule has 0 radical (unpaired) electrons. The summed E-state index contributed by atoms with van der Waals surface area (Å²) in [6.07, 6.45) is 0. The van der Waals surface area contributed by atoms with Crippen molar-refractivity contribution >= 4 is 5.91 Å². The van der Waals surface area contributed by atoms with E-state index in [1.165, 1.54) is 24.3 Å². The maximum absolute atomic E-state index is 11.9. The van der Waals surface area contributed by atoms with Gasteiger partial charge < -0.3 is 14.7 Å². The van der Waals surface area contributed by atoms with Gasteiger partial charge >= 0.3 is 0 Å². The number of carbonyl (C=O) groups excluding carboxylic acids is 1. The summed E-state index contributed by atoms with van der Waals surface area (Å²) in [7, 11) is 1.72. The Hall–Kier alpha value is -2.56. The zero-order chi connectivity index (χ0) is 16.4. The molecule has 0 aliphatic heterocycles. The summed E-state index contributed by atoms with van der Waals surface area (Å²) < 4.78 is 17.2. The Balaban J connectivity index is 0.000000287. The van der Waals surface area contributed by atoms with Crippen LogP contribution in [0.15, 0.2) is 54.6 Å². The Labute approximate surface area is 129 Å². The van der Waals surface area contributed by atoms with E-state index in [1.807, 2.05) is 6.92 Å². The summed E-state index contributed by atoms with van der Waals surface area (Å²) in [5.74, 6) is 0.512. The zero-order valence-corrected chi connectivity index (χ0v) is 12.7. The van der Waals surface area contributed by atoms with Crippen molar-refractivity contribution in [3.05, 3.63) is 60.4 Å². The topological polar surface area (TPSA) is 49.8 Å². The van der Waals surface area contributed by atoms with Crippen molar-refractivity contribution in [2.45, 2.75) is 6.92 Å². The molecule has 0 bridgehead atoms. The van der Waals surface area contributed by atoms with Gasteiger partial charge in [-0.15, -0.1) is 0 Å². The Kier molecular flexibility index (Phi) is 7.47. The Morgan fingerprint density at radius 3 is 2.18 bits per heavy atom. The number of carbonyl (C=O) groups is 1. The van der Waals surface area contributed by atoms with Gasteiger partial charge in [0.15, 0.2) is 6.61 Å². The molecule has 0 heterocycles. The molecule has 2 aromatic carbocycles.